The SMILES string of the molecule is CC1CC2C3C4C5C6C7C8C9CC%10C%11C%12CC%13C%14C%15C%16C%17C%18C%19C1C1(C)C%20(C)C2(C)C32C43C54C65C76C87C%109C%118C%12%13C%149C%15%10C%16%11C%17%12C%18%13C%191C%202C3%13C4%12C5%11C6%10C879. The number of fused-ring (bicyclic) bond motifs is 16. The summed E-state index contributed by atoms with van der Waals surface area (Å²) in [4.78, 5) is 0. The largest absolute Gasteiger partial charge is 0.0622 e. The molecule has 0 radical (unpaired) electrons. The first kappa shape index (κ1) is 18.5. The van der Waals surface area contributed by atoms with E-state index < -0.39 is 0 Å². The van der Waals surface area contributed by atoms with Crippen LogP contribution in [0, 0.1) is 248 Å². The van der Waals surface area contributed by atoms with E-state index in [1.807, 2.05) is 12.8 Å². The molecular formula is C51H38. The molecule has 44 atom stereocenters. The molecule has 33 saturated carbocycles. The average molecular weight is 651 g/mol. The molecule has 0 heteroatoms. The van der Waals surface area contributed by atoms with Crippen LogP contribution in [0.2, 0.25) is 0 Å². The van der Waals surface area contributed by atoms with Gasteiger partial charge in [-0.05, 0) is 268 Å². The van der Waals surface area contributed by atoms with Crippen molar-refractivity contribution in [2.45, 2.75) is 47.0 Å². The van der Waals surface area contributed by atoms with E-state index in [1.54, 1.807) is 6.42 Å². The van der Waals surface area contributed by atoms with E-state index in [1.165, 1.54) is 112 Å². The quantitative estimate of drug-likeness (QED) is 0.317. The fourth-order valence-electron chi connectivity index (χ4n) is 53.5. The number of rotatable bonds is 0. The fourth-order valence-corrected chi connectivity index (χ4v) is 53.5. The molecule has 242 valence electrons. The molecule has 51 heavy (non-hydrogen) atoms. The van der Waals surface area contributed by atoms with Crippen LogP contribution in [0.5, 0.6) is 0 Å². The minimum absolute atomic E-state index is 0.788. The maximum Gasteiger partial charge on any atom is -0.000715 e. The minimum atomic E-state index is 0.788. The Kier molecular flexibility index (Phi) is 1.02. The minimum Gasteiger partial charge on any atom is -0.0622 e. The van der Waals surface area contributed by atoms with Crippen molar-refractivity contribution in [3.05, 3.63) is 0 Å². The van der Waals surface area contributed by atoms with Crippen LogP contribution in [0.1, 0.15) is 47.0 Å². The summed E-state index contributed by atoms with van der Waals surface area (Å²) in [5.41, 5.74) is 24.8. The van der Waals surface area contributed by atoms with Crippen molar-refractivity contribution in [2.24, 2.45) is 248 Å². The molecule has 0 aliphatic heterocycles. The molecule has 0 amide bonds. The third-order valence-corrected chi connectivity index (χ3v) is 42.7. The van der Waals surface area contributed by atoms with Crippen molar-refractivity contribution >= 4 is 0 Å². The predicted octanol–water partition coefficient (Wildman–Crippen LogP) is 5.68. The van der Waals surface area contributed by atoms with Gasteiger partial charge in [0.15, 0.2) is 0 Å². The maximum atomic E-state index is 3.19. The number of hydrogen-bond acceptors (Lipinski definition) is 0. The Hall–Kier alpha value is 0. The van der Waals surface area contributed by atoms with E-state index in [0.717, 1.165) is 136 Å². The lowest BCUT2D eigenvalue weighted by Gasteiger charge is -3.65. The highest BCUT2D eigenvalue weighted by Crippen LogP contribution is 3.68. The summed E-state index contributed by atoms with van der Waals surface area (Å²) >= 11 is 0. The van der Waals surface area contributed by atoms with Crippen LogP contribution >= 0.6 is 0 Å². The van der Waals surface area contributed by atoms with Crippen molar-refractivity contribution in [1.29, 1.82) is 0 Å². The Bertz CT molecular complexity index is 3190. The highest BCUT2D eigenvalue weighted by atomic mass is 15.7. The Morgan fingerprint density at radius 2 is 0.686 bits per heavy atom. The molecule has 0 aromatic rings. The van der Waals surface area contributed by atoms with Crippen molar-refractivity contribution < 1.29 is 0 Å². The van der Waals surface area contributed by atoms with Gasteiger partial charge in [0.05, 0.1) is 0 Å². The first-order valence-electron chi connectivity index (χ1n) is 24.9. The van der Waals surface area contributed by atoms with E-state index >= 15 is 0 Å². The monoisotopic (exact) mass is 650 g/mol. The highest BCUT2D eigenvalue weighted by Gasteiger charge is 3.67. The topological polar surface area (TPSA) is 0 Å². The van der Waals surface area contributed by atoms with Crippen LogP contribution in [0.15, 0.2) is 0 Å². The molecule has 21 spiro atoms. The van der Waals surface area contributed by atoms with E-state index in [9.17, 15) is 0 Å². The van der Waals surface area contributed by atoms with Crippen molar-refractivity contribution in [3.63, 3.8) is 0 Å². The summed E-state index contributed by atoms with van der Waals surface area (Å²) in [6.45, 7) is 12.4. The summed E-state index contributed by atoms with van der Waals surface area (Å²) in [6.07, 6.45) is 5.38. The molecular weight excluding hydrogens is 613 g/mol. The molecule has 0 N–H and O–H groups in total. The molecule has 0 bridgehead atoms. The third kappa shape index (κ3) is 0.415. The summed E-state index contributed by atoms with van der Waals surface area (Å²) in [7, 11) is 0. The Balaban J connectivity index is 0.852. The molecule has 0 aromatic heterocycles. The second-order valence-electron chi connectivity index (χ2n) is 32.3. The van der Waals surface area contributed by atoms with Gasteiger partial charge in [0.25, 0.3) is 0 Å². The number of hydrogen-bond donors (Lipinski definition) is 0. The highest BCUT2D eigenvalue weighted by molar-refractivity contribution is 6.11. The van der Waals surface area contributed by atoms with E-state index in [2.05, 4.69) is 27.7 Å². The molecule has 0 aromatic carbocycles. The molecule has 0 saturated heterocycles. The van der Waals surface area contributed by atoms with Gasteiger partial charge in [0, 0.05) is 0 Å². The van der Waals surface area contributed by atoms with Crippen molar-refractivity contribution in [1.82, 2.24) is 0 Å². The van der Waals surface area contributed by atoms with Crippen LogP contribution in [-0.4, -0.2) is 0 Å². The van der Waals surface area contributed by atoms with Crippen LogP contribution in [-0.2, 0) is 0 Å². The van der Waals surface area contributed by atoms with E-state index in [0.29, 0.717) is 0 Å². The zero-order valence-corrected chi connectivity index (χ0v) is 29.7. The molecule has 44 unspecified atom stereocenters. The summed E-state index contributed by atoms with van der Waals surface area (Å²) in [5, 5.41) is 0. The van der Waals surface area contributed by atoms with Gasteiger partial charge in [0.1, 0.15) is 0 Å². The zero-order chi connectivity index (χ0) is 29.7. The van der Waals surface area contributed by atoms with Gasteiger partial charge in [-0.1, -0.05) is 27.7 Å². The van der Waals surface area contributed by atoms with Crippen LogP contribution in [0.25, 0.3) is 0 Å². The van der Waals surface area contributed by atoms with Crippen LogP contribution < -0.4 is 0 Å². The summed E-state index contributed by atoms with van der Waals surface area (Å²) < 4.78 is 0. The van der Waals surface area contributed by atoms with Crippen molar-refractivity contribution in [3.8, 4) is 0 Å². The van der Waals surface area contributed by atoms with E-state index in [-0.39, 0.29) is 0 Å². The zero-order valence-electron chi connectivity index (χ0n) is 29.7. The summed E-state index contributed by atoms with van der Waals surface area (Å²) in [6, 6.07) is 0. The van der Waals surface area contributed by atoms with E-state index in [4.69, 9.17) is 0 Å². The Morgan fingerprint density at radius 3 is 1.25 bits per heavy atom. The molecule has 0 nitrogen and oxygen atoms in total. The smallest absolute Gasteiger partial charge is 0.000715 e. The van der Waals surface area contributed by atoms with Crippen LogP contribution in [0.3, 0.4) is 0 Å². The van der Waals surface area contributed by atoms with Gasteiger partial charge in [-0.3, -0.25) is 0 Å². The first-order chi connectivity index (χ1) is 24.9. The van der Waals surface area contributed by atoms with Crippen LogP contribution in [0.4, 0.5) is 0 Å². The average Bonchev–Trinajstić information content (AvgIpc) is 3.02. The van der Waals surface area contributed by atoms with Gasteiger partial charge in [-0.2, -0.15) is 0 Å². The Morgan fingerprint density at radius 1 is 0.294 bits per heavy atom. The lowest BCUT2D eigenvalue weighted by atomic mass is 8.37. The van der Waals surface area contributed by atoms with Crippen molar-refractivity contribution in [2.75, 3.05) is 0 Å². The van der Waals surface area contributed by atoms with Gasteiger partial charge in [0.2, 0.25) is 0 Å². The molecule has 33 fully saturated rings. The summed E-state index contributed by atoms with van der Waals surface area (Å²) in [5.74, 6) is 26.6. The molecule has 0 heterocycles. The standard InChI is InChI=1S/C51H38/c1-8-5-9-16-20-24-25-21-17-12-6-10-15-11-7-13-18-22-26-27-23-19-14(8)29(3)30(4)28(9,2)33(16)38(20)42(24)44(25)40(21)36(17)31(10,12)35(15)32(11,13)37(18)41(22)45(26)43(27)39(23)34(19,29)46(30,33)48(38,39)50(42,43)51(44,45)49(40,41)47(35,36)37/h8-27H,5-7H2,1-4H3. The third-order valence-electron chi connectivity index (χ3n) is 42.7. The molecule has 33 aliphatic rings. The fraction of sp³-hybridized carbons (Fsp3) is 1.00. The van der Waals surface area contributed by atoms with Gasteiger partial charge in [-0.15, -0.1) is 0 Å². The lowest BCUT2D eigenvalue weighted by molar-refractivity contribution is -1.20. The molecule has 33 aliphatic carbocycles. The maximum absolute atomic E-state index is 3.19. The van der Waals surface area contributed by atoms with Gasteiger partial charge >= 0.3 is 0 Å². The second-order valence-corrected chi connectivity index (χ2v) is 32.3. The molecule has 33 rings (SSSR count). The first-order valence-corrected chi connectivity index (χ1v) is 24.9. The predicted molar refractivity (Wildman–Crippen MR) is 165 cm³/mol. The normalized spacial score (nSPS) is 134. The van der Waals surface area contributed by atoms with Gasteiger partial charge < -0.3 is 0 Å². The van der Waals surface area contributed by atoms with Gasteiger partial charge in [-0.25, -0.2) is 0 Å². The Labute approximate surface area is 294 Å². The lowest BCUT2D eigenvalue weighted by Crippen LogP contribution is -3.64. The second kappa shape index (κ2) is 2.80.